The van der Waals surface area contributed by atoms with Gasteiger partial charge in [0, 0.05) is 38.6 Å². The molecule has 0 aliphatic carbocycles. The van der Waals surface area contributed by atoms with Gasteiger partial charge in [-0.1, -0.05) is 12.1 Å². The van der Waals surface area contributed by atoms with E-state index in [9.17, 15) is 18.0 Å². The molecule has 11 heteroatoms. The second-order valence-electron chi connectivity index (χ2n) is 8.61. The lowest BCUT2D eigenvalue weighted by molar-refractivity contribution is -0.137. The molecule has 8 nitrogen and oxygen atoms in total. The van der Waals surface area contributed by atoms with Crippen molar-refractivity contribution in [3.63, 3.8) is 0 Å². The molecule has 0 radical (unpaired) electrons. The minimum absolute atomic E-state index is 0.0684. The number of nitrogens with zero attached hydrogens (tertiary/aromatic N) is 5. The van der Waals surface area contributed by atoms with Crippen LogP contribution in [0.2, 0.25) is 0 Å². The van der Waals surface area contributed by atoms with Crippen molar-refractivity contribution in [1.29, 1.82) is 0 Å². The predicted octanol–water partition coefficient (Wildman–Crippen LogP) is 4.46. The molecule has 0 unspecified atom stereocenters. The summed E-state index contributed by atoms with van der Waals surface area (Å²) in [6.07, 6.45) is -0.633. The van der Waals surface area contributed by atoms with Gasteiger partial charge in [-0.2, -0.15) is 13.2 Å². The van der Waals surface area contributed by atoms with Crippen molar-refractivity contribution in [3.05, 3.63) is 41.7 Å². The van der Waals surface area contributed by atoms with Gasteiger partial charge in [0.1, 0.15) is 6.33 Å². The number of likely N-dealkylation sites (tertiary alicyclic amines) is 1. The lowest BCUT2D eigenvalue weighted by atomic mass is 10.1. The van der Waals surface area contributed by atoms with E-state index in [1.54, 1.807) is 6.07 Å². The van der Waals surface area contributed by atoms with Gasteiger partial charge in [-0.25, -0.2) is 15.0 Å². The van der Waals surface area contributed by atoms with E-state index < -0.39 is 11.7 Å². The smallest absolute Gasteiger partial charge is 0.364 e. The molecule has 4 rings (SSSR count). The number of amides is 1. The Morgan fingerprint density at radius 1 is 1.18 bits per heavy atom. The molecular formula is C23H28F3N7O. The minimum Gasteiger partial charge on any atom is -0.364 e. The molecule has 1 aliphatic rings. The first-order chi connectivity index (χ1) is 16.2. The Morgan fingerprint density at radius 2 is 2.00 bits per heavy atom. The molecule has 0 saturated carbocycles. The average molecular weight is 476 g/mol. The van der Waals surface area contributed by atoms with E-state index >= 15 is 0 Å². The van der Waals surface area contributed by atoms with Gasteiger partial charge in [0.2, 0.25) is 11.9 Å². The van der Waals surface area contributed by atoms with Gasteiger partial charge >= 0.3 is 6.18 Å². The summed E-state index contributed by atoms with van der Waals surface area (Å²) in [5, 5.41) is 6.45. The topological polar surface area (TPSA) is 88.0 Å². The SMILES string of the molecule is CC(C)n1c(NCCCN2CCCC2=O)nc2c(NCc3cccc(C(F)(F)F)c3)ncnc21. The van der Waals surface area contributed by atoms with Crippen LogP contribution in [0, 0.1) is 0 Å². The molecule has 1 aromatic carbocycles. The standard InChI is InChI=1S/C23H28F3N7O/c1-15(2)33-21-19(31-22(33)27-9-5-11-32-10-4-8-18(32)34)20(29-14-30-21)28-13-16-6-3-7-17(12-16)23(24,25)26/h3,6-7,12,14-15H,4-5,8-11,13H2,1-2H3,(H,27,31)(H,28,29,30). The third-order valence-electron chi connectivity index (χ3n) is 5.77. The summed E-state index contributed by atoms with van der Waals surface area (Å²) in [5.41, 5.74) is 0.972. The summed E-state index contributed by atoms with van der Waals surface area (Å²) in [4.78, 5) is 27.0. The third-order valence-corrected chi connectivity index (χ3v) is 5.77. The molecule has 3 aromatic rings. The largest absolute Gasteiger partial charge is 0.416 e. The number of imidazole rings is 1. The number of alkyl halides is 3. The number of rotatable bonds is 9. The van der Waals surface area contributed by atoms with Crippen LogP contribution in [0.15, 0.2) is 30.6 Å². The Bertz CT molecular complexity index is 1160. The van der Waals surface area contributed by atoms with E-state index in [0.29, 0.717) is 48.0 Å². The fourth-order valence-electron chi connectivity index (χ4n) is 4.11. The van der Waals surface area contributed by atoms with Gasteiger partial charge in [-0.15, -0.1) is 0 Å². The van der Waals surface area contributed by atoms with Crippen LogP contribution >= 0.6 is 0 Å². The van der Waals surface area contributed by atoms with Crippen LogP contribution in [0.4, 0.5) is 24.9 Å². The number of aromatic nitrogens is 4. The number of nitrogens with one attached hydrogen (secondary N) is 2. The monoisotopic (exact) mass is 475 g/mol. The summed E-state index contributed by atoms with van der Waals surface area (Å²) in [6.45, 7) is 6.37. The molecule has 0 bridgehead atoms. The van der Waals surface area contributed by atoms with E-state index in [1.165, 1.54) is 12.4 Å². The van der Waals surface area contributed by atoms with E-state index in [-0.39, 0.29) is 18.5 Å². The van der Waals surface area contributed by atoms with E-state index in [1.807, 2.05) is 23.3 Å². The van der Waals surface area contributed by atoms with E-state index in [2.05, 4.69) is 20.6 Å². The zero-order valence-electron chi connectivity index (χ0n) is 19.2. The van der Waals surface area contributed by atoms with Crippen LogP contribution in [-0.4, -0.2) is 50.0 Å². The lowest BCUT2D eigenvalue weighted by Gasteiger charge is -2.16. The highest BCUT2D eigenvalue weighted by molar-refractivity contribution is 5.85. The Balaban J connectivity index is 1.48. The quantitative estimate of drug-likeness (QED) is 0.444. The number of fused-ring (bicyclic) bond motifs is 1. The maximum Gasteiger partial charge on any atom is 0.416 e. The third kappa shape index (κ3) is 5.23. The lowest BCUT2D eigenvalue weighted by Crippen LogP contribution is -2.27. The van der Waals surface area contributed by atoms with E-state index in [4.69, 9.17) is 4.98 Å². The fourth-order valence-corrected chi connectivity index (χ4v) is 4.11. The van der Waals surface area contributed by atoms with Gasteiger partial charge in [-0.05, 0) is 44.4 Å². The Hall–Kier alpha value is -3.37. The molecule has 34 heavy (non-hydrogen) atoms. The van der Waals surface area contributed by atoms with Crippen molar-refractivity contribution in [3.8, 4) is 0 Å². The maximum atomic E-state index is 13.0. The zero-order chi connectivity index (χ0) is 24.3. The van der Waals surface area contributed by atoms with Crippen LogP contribution < -0.4 is 10.6 Å². The molecule has 3 heterocycles. The van der Waals surface area contributed by atoms with Crippen LogP contribution in [0.3, 0.4) is 0 Å². The summed E-state index contributed by atoms with van der Waals surface area (Å²) >= 11 is 0. The first kappa shape index (κ1) is 23.8. The predicted molar refractivity (Wildman–Crippen MR) is 123 cm³/mol. The normalized spacial score (nSPS) is 14.4. The van der Waals surface area contributed by atoms with Gasteiger partial charge in [0.15, 0.2) is 17.0 Å². The highest BCUT2D eigenvalue weighted by Gasteiger charge is 2.30. The van der Waals surface area contributed by atoms with Crippen molar-refractivity contribution >= 4 is 28.8 Å². The summed E-state index contributed by atoms with van der Waals surface area (Å²) < 4.78 is 41.0. The van der Waals surface area contributed by atoms with Gasteiger partial charge in [0.25, 0.3) is 0 Å². The molecule has 2 N–H and O–H groups in total. The molecule has 1 fully saturated rings. The first-order valence-corrected chi connectivity index (χ1v) is 11.4. The Kier molecular flexibility index (Phi) is 6.90. The maximum absolute atomic E-state index is 13.0. The number of hydrogen-bond acceptors (Lipinski definition) is 6. The van der Waals surface area contributed by atoms with E-state index in [0.717, 1.165) is 31.5 Å². The summed E-state index contributed by atoms with van der Waals surface area (Å²) in [7, 11) is 0. The van der Waals surface area contributed by atoms with Crippen molar-refractivity contribution in [2.75, 3.05) is 30.3 Å². The van der Waals surface area contributed by atoms with Crippen molar-refractivity contribution in [2.24, 2.45) is 0 Å². The second kappa shape index (κ2) is 9.86. The van der Waals surface area contributed by atoms with Crippen LogP contribution in [0.5, 0.6) is 0 Å². The van der Waals surface area contributed by atoms with Crippen LogP contribution in [-0.2, 0) is 17.5 Å². The number of benzene rings is 1. The number of anilines is 2. The molecular weight excluding hydrogens is 447 g/mol. The molecule has 182 valence electrons. The van der Waals surface area contributed by atoms with Gasteiger partial charge < -0.3 is 15.5 Å². The number of halogens is 3. The summed E-state index contributed by atoms with van der Waals surface area (Å²) in [6, 6.07) is 5.26. The fraction of sp³-hybridized carbons (Fsp3) is 0.478. The molecule has 2 aromatic heterocycles. The molecule has 1 amide bonds. The molecule has 1 saturated heterocycles. The second-order valence-corrected chi connectivity index (χ2v) is 8.61. The molecule has 1 aliphatic heterocycles. The Morgan fingerprint density at radius 3 is 2.71 bits per heavy atom. The highest BCUT2D eigenvalue weighted by Crippen LogP contribution is 2.30. The first-order valence-electron chi connectivity index (χ1n) is 11.4. The van der Waals surface area contributed by atoms with Crippen molar-refractivity contribution in [1.82, 2.24) is 24.4 Å². The number of carbonyl (C=O) groups is 1. The number of hydrogen-bond donors (Lipinski definition) is 2. The minimum atomic E-state index is -4.39. The van der Waals surface area contributed by atoms with Crippen LogP contribution in [0.1, 0.15) is 50.3 Å². The highest BCUT2D eigenvalue weighted by atomic mass is 19.4. The average Bonchev–Trinajstić information content (AvgIpc) is 3.38. The van der Waals surface area contributed by atoms with Crippen LogP contribution in [0.25, 0.3) is 11.2 Å². The van der Waals surface area contributed by atoms with Crippen molar-refractivity contribution < 1.29 is 18.0 Å². The molecule has 0 spiro atoms. The summed E-state index contributed by atoms with van der Waals surface area (Å²) in [5.74, 6) is 1.30. The van der Waals surface area contributed by atoms with Crippen molar-refractivity contribution in [2.45, 2.75) is 51.9 Å². The molecule has 0 atom stereocenters. The number of carbonyl (C=O) groups excluding carboxylic acids is 1. The van der Waals surface area contributed by atoms with Gasteiger partial charge in [0.05, 0.1) is 5.56 Å². The van der Waals surface area contributed by atoms with Gasteiger partial charge in [-0.3, -0.25) is 9.36 Å². The Labute approximate surface area is 195 Å². The zero-order valence-corrected chi connectivity index (χ0v) is 19.2.